The second kappa shape index (κ2) is 10.0. The summed E-state index contributed by atoms with van der Waals surface area (Å²) >= 11 is 14.6. The second-order valence-electron chi connectivity index (χ2n) is 8.45. The van der Waals surface area contributed by atoms with Crippen molar-refractivity contribution in [3.8, 4) is 0 Å². The standard InChI is InChI=1S/C22H23Cl2N3O4S3/c23-15-5-6-17-18(11-15)32-22(25-17)27(13-16-4-2-10-31-16)21(28)14-3-1-9-26(12-14)34(29,30)20-8-7-19(24)33-20/h5-8,11,14,16H,1-4,9-10,12-13H2. The van der Waals surface area contributed by atoms with Gasteiger partial charge < -0.3 is 4.74 Å². The number of halogens is 2. The van der Waals surface area contributed by atoms with Crippen molar-refractivity contribution in [2.75, 3.05) is 31.1 Å². The van der Waals surface area contributed by atoms with Crippen molar-refractivity contribution in [2.45, 2.75) is 36.0 Å². The Morgan fingerprint density at radius 2 is 2.03 bits per heavy atom. The van der Waals surface area contributed by atoms with E-state index in [1.807, 2.05) is 12.1 Å². The number of amides is 1. The van der Waals surface area contributed by atoms with Gasteiger partial charge in [0.05, 0.1) is 33.1 Å². The van der Waals surface area contributed by atoms with Crippen molar-refractivity contribution in [3.63, 3.8) is 0 Å². The Labute approximate surface area is 216 Å². The summed E-state index contributed by atoms with van der Waals surface area (Å²) in [6.07, 6.45) is 3.01. The first-order valence-corrected chi connectivity index (χ1v) is 14.9. The number of aromatic nitrogens is 1. The third-order valence-electron chi connectivity index (χ3n) is 6.12. The minimum absolute atomic E-state index is 0.0590. The molecule has 1 aromatic carbocycles. The summed E-state index contributed by atoms with van der Waals surface area (Å²) in [6.45, 7) is 1.60. The van der Waals surface area contributed by atoms with Gasteiger partial charge >= 0.3 is 0 Å². The van der Waals surface area contributed by atoms with Crippen LogP contribution in [-0.2, 0) is 19.6 Å². The lowest BCUT2D eigenvalue weighted by molar-refractivity contribution is -0.123. The summed E-state index contributed by atoms with van der Waals surface area (Å²) in [5, 5.41) is 1.20. The third-order valence-corrected chi connectivity index (χ3v) is 11.0. The fourth-order valence-electron chi connectivity index (χ4n) is 4.40. The Kier molecular flexibility index (Phi) is 7.19. The Hall–Kier alpha value is -1.27. The second-order valence-corrected chi connectivity index (χ2v) is 13.8. The van der Waals surface area contributed by atoms with Crippen LogP contribution in [0.15, 0.2) is 34.5 Å². The Bertz CT molecular complexity index is 1300. The van der Waals surface area contributed by atoms with Crippen molar-refractivity contribution >= 4 is 77.2 Å². The summed E-state index contributed by atoms with van der Waals surface area (Å²) in [4.78, 5) is 20.2. The molecule has 5 rings (SSSR count). The number of piperidine rings is 1. The fourth-order valence-corrected chi connectivity index (χ4v) is 8.82. The monoisotopic (exact) mass is 559 g/mol. The van der Waals surface area contributed by atoms with E-state index in [1.54, 1.807) is 17.0 Å². The molecule has 0 spiro atoms. The molecule has 3 aromatic rings. The van der Waals surface area contributed by atoms with Crippen LogP contribution in [0.4, 0.5) is 5.13 Å². The van der Waals surface area contributed by atoms with Crippen molar-refractivity contribution in [2.24, 2.45) is 5.92 Å². The molecule has 2 aliphatic heterocycles. The first-order valence-electron chi connectivity index (χ1n) is 11.1. The first kappa shape index (κ1) is 24.4. The summed E-state index contributed by atoms with van der Waals surface area (Å²) in [6, 6.07) is 8.56. The van der Waals surface area contributed by atoms with Crippen LogP contribution in [0, 0.1) is 5.92 Å². The SMILES string of the molecule is O=C(C1CCCN(S(=O)(=O)c2ccc(Cl)s2)C1)N(CC1CCCO1)c1nc2ccc(Cl)cc2s1. The molecule has 0 radical (unpaired) electrons. The van der Waals surface area contributed by atoms with Gasteiger partial charge in [-0.2, -0.15) is 4.31 Å². The van der Waals surface area contributed by atoms with Gasteiger partial charge in [0.2, 0.25) is 5.91 Å². The molecule has 2 unspecified atom stereocenters. The molecule has 0 aliphatic carbocycles. The molecular weight excluding hydrogens is 537 g/mol. The van der Waals surface area contributed by atoms with Crippen LogP contribution in [0.1, 0.15) is 25.7 Å². The maximum Gasteiger partial charge on any atom is 0.252 e. The molecule has 7 nitrogen and oxygen atoms in total. The molecule has 0 N–H and O–H groups in total. The van der Waals surface area contributed by atoms with E-state index in [-0.39, 0.29) is 22.8 Å². The summed E-state index contributed by atoms with van der Waals surface area (Å²) in [5.74, 6) is -0.583. The molecule has 12 heteroatoms. The highest BCUT2D eigenvalue weighted by molar-refractivity contribution is 7.91. The van der Waals surface area contributed by atoms with E-state index in [9.17, 15) is 13.2 Å². The van der Waals surface area contributed by atoms with E-state index in [0.717, 1.165) is 34.4 Å². The van der Waals surface area contributed by atoms with Gasteiger partial charge in [-0.15, -0.1) is 11.3 Å². The topological polar surface area (TPSA) is 79.8 Å². The van der Waals surface area contributed by atoms with Crippen molar-refractivity contribution < 1.29 is 17.9 Å². The third kappa shape index (κ3) is 5.00. The van der Waals surface area contributed by atoms with Crippen LogP contribution < -0.4 is 4.90 Å². The maximum atomic E-state index is 13.8. The van der Waals surface area contributed by atoms with Crippen molar-refractivity contribution in [1.82, 2.24) is 9.29 Å². The van der Waals surface area contributed by atoms with Gasteiger partial charge in [-0.05, 0) is 56.0 Å². The molecule has 0 saturated carbocycles. The molecule has 2 aromatic heterocycles. The number of fused-ring (bicyclic) bond motifs is 1. The highest BCUT2D eigenvalue weighted by Crippen LogP contribution is 2.35. The number of benzene rings is 1. The summed E-state index contributed by atoms with van der Waals surface area (Å²) < 4.78 is 35.0. The van der Waals surface area contributed by atoms with Crippen LogP contribution in [0.3, 0.4) is 0 Å². The Morgan fingerprint density at radius 3 is 2.76 bits per heavy atom. The van der Waals surface area contributed by atoms with E-state index >= 15 is 0 Å². The molecule has 0 bridgehead atoms. The average Bonchev–Trinajstić information content (AvgIpc) is 3.58. The number of hydrogen-bond donors (Lipinski definition) is 0. The number of rotatable bonds is 6. The van der Waals surface area contributed by atoms with Crippen LogP contribution in [0.2, 0.25) is 9.36 Å². The van der Waals surface area contributed by atoms with Gasteiger partial charge in [-0.3, -0.25) is 9.69 Å². The molecular formula is C22H23Cl2N3O4S3. The Balaban J connectivity index is 1.41. The minimum Gasteiger partial charge on any atom is -0.376 e. The quantitative estimate of drug-likeness (QED) is 0.410. The fraction of sp³-hybridized carbons (Fsp3) is 0.455. The minimum atomic E-state index is -3.70. The lowest BCUT2D eigenvalue weighted by Gasteiger charge is -2.34. The molecule has 1 amide bonds. The zero-order valence-corrected chi connectivity index (χ0v) is 22.1. The molecule has 34 heavy (non-hydrogen) atoms. The average molecular weight is 561 g/mol. The van der Waals surface area contributed by atoms with Gasteiger partial charge in [0.1, 0.15) is 4.21 Å². The van der Waals surface area contributed by atoms with E-state index in [0.29, 0.717) is 47.0 Å². The smallest absolute Gasteiger partial charge is 0.252 e. The number of hydrogen-bond acceptors (Lipinski definition) is 7. The number of ether oxygens (including phenoxy) is 1. The van der Waals surface area contributed by atoms with Gasteiger partial charge in [-0.1, -0.05) is 34.5 Å². The van der Waals surface area contributed by atoms with Crippen LogP contribution in [0.25, 0.3) is 10.2 Å². The van der Waals surface area contributed by atoms with Crippen molar-refractivity contribution in [3.05, 3.63) is 39.7 Å². The number of thiophene rings is 1. The maximum absolute atomic E-state index is 13.8. The number of sulfonamides is 1. The molecule has 2 saturated heterocycles. The van der Waals surface area contributed by atoms with Crippen LogP contribution >= 0.6 is 45.9 Å². The molecule has 4 heterocycles. The largest absolute Gasteiger partial charge is 0.376 e. The molecule has 182 valence electrons. The highest BCUT2D eigenvalue weighted by atomic mass is 35.5. The number of nitrogens with zero attached hydrogens (tertiary/aromatic N) is 3. The number of carbonyl (C=O) groups excluding carboxylic acids is 1. The van der Waals surface area contributed by atoms with E-state index in [2.05, 4.69) is 0 Å². The van der Waals surface area contributed by atoms with E-state index < -0.39 is 15.9 Å². The lowest BCUT2D eigenvalue weighted by atomic mass is 9.98. The number of carbonyl (C=O) groups is 1. The first-order chi connectivity index (χ1) is 16.3. The molecule has 2 atom stereocenters. The van der Waals surface area contributed by atoms with Crippen LogP contribution in [-0.4, -0.2) is 56.0 Å². The lowest BCUT2D eigenvalue weighted by Crippen LogP contribution is -2.48. The van der Waals surface area contributed by atoms with Gasteiger partial charge in [0.25, 0.3) is 10.0 Å². The summed E-state index contributed by atoms with van der Waals surface area (Å²) in [5.41, 5.74) is 0.775. The Morgan fingerprint density at radius 1 is 1.18 bits per heavy atom. The predicted octanol–water partition coefficient (Wildman–Crippen LogP) is 5.28. The summed E-state index contributed by atoms with van der Waals surface area (Å²) in [7, 11) is -3.70. The predicted molar refractivity (Wildman–Crippen MR) is 137 cm³/mol. The van der Waals surface area contributed by atoms with E-state index in [1.165, 1.54) is 21.7 Å². The van der Waals surface area contributed by atoms with E-state index in [4.69, 9.17) is 32.9 Å². The zero-order valence-electron chi connectivity index (χ0n) is 18.2. The van der Waals surface area contributed by atoms with Gasteiger partial charge in [0.15, 0.2) is 5.13 Å². The van der Waals surface area contributed by atoms with Crippen molar-refractivity contribution in [1.29, 1.82) is 0 Å². The highest BCUT2D eigenvalue weighted by Gasteiger charge is 2.37. The molecule has 2 aliphatic rings. The zero-order chi connectivity index (χ0) is 23.9. The molecule has 2 fully saturated rings. The van der Waals surface area contributed by atoms with Gasteiger partial charge in [0, 0.05) is 24.7 Å². The number of thiazole rings is 1. The normalized spacial score (nSPS) is 21.8. The number of anilines is 1. The van der Waals surface area contributed by atoms with Crippen LogP contribution in [0.5, 0.6) is 0 Å². The van der Waals surface area contributed by atoms with Gasteiger partial charge in [-0.25, -0.2) is 13.4 Å².